The van der Waals surface area contributed by atoms with Gasteiger partial charge in [0.25, 0.3) is 0 Å². The molecule has 1 atom stereocenters. The second-order valence-electron chi connectivity index (χ2n) is 3.61. The SMILES string of the molecule is CC(CCCCl)NCCOC(C)C. The number of alkyl halides is 1. The number of ether oxygens (including phenoxy) is 1. The summed E-state index contributed by atoms with van der Waals surface area (Å²) < 4.78 is 5.41. The molecule has 0 rings (SSSR count). The van der Waals surface area contributed by atoms with Gasteiger partial charge < -0.3 is 10.1 Å². The Hall–Kier alpha value is 0.210. The van der Waals surface area contributed by atoms with Crippen LogP contribution in [0, 0.1) is 0 Å². The van der Waals surface area contributed by atoms with Crippen molar-refractivity contribution in [3.8, 4) is 0 Å². The molecular weight excluding hydrogens is 186 g/mol. The molecule has 0 aromatic rings. The first-order chi connectivity index (χ1) is 6.16. The van der Waals surface area contributed by atoms with Crippen LogP contribution in [-0.2, 0) is 4.74 Å². The summed E-state index contributed by atoms with van der Waals surface area (Å²) in [7, 11) is 0. The average molecular weight is 208 g/mol. The van der Waals surface area contributed by atoms with Gasteiger partial charge in [0.05, 0.1) is 12.7 Å². The van der Waals surface area contributed by atoms with E-state index in [9.17, 15) is 0 Å². The van der Waals surface area contributed by atoms with Crippen LogP contribution in [0.5, 0.6) is 0 Å². The highest BCUT2D eigenvalue weighted by Gasteiger charge is 2.00. The van der Waals surface area contributed by atoms with Gasteiger partial charge in [0.15, 0.2) is 0 Å². The molecule has 0 fully saturated rings. The summed E-state index contributed by atoms with van der Waals surface area (Å²) in [5.74, 6) is 0.758. The molecule has 0 saturated carbocycles. The van der Waals surface area contributed by atoms with Crippen molar-refractivity contribution in [3.05, 3.63) is 0 Å². The minimum atomic E-state index is 0.333. The fourth-order valence-electron chi connectivity index (χ4n) is 1.09. The van der Waals surface area contributed by atoms with Gasteiger partial charge in [-0.25, -0.2) is 0 Å². The standard InChI is InChI=1S/C10H22ClNO/c1-9(2)13-8-7-12-10(3)5-4-6-11/h9-10,12H,4-8H2,1-3H3. The van der Waals surface area contributed by atoms with Gasteiger partial charge in [0, 0.05) is 18.5 Å². The lowest BCUT2D eigenvalue weighted by Crippen LogP contribution is -2.30. The third kappa shape index (κ3) is 10.1. The lowest BCUT2D eigenvalue weighted by Gasteiger charge is -2.13. The molecule has 0 aliphatic carbocycles. The highest BCUT2D eigenvalue weighted by Crippen LogP contribution is 1.97. The molecule has 0 spiro atoms. The second kappa shape index (κ2) is 8.79. The first-order valence-electron chi connectivity index (χ1n) is 5.07. The molecule has 1 unspecified atom stereocenters. The molecule has 13 heavy (non-hydrogen) atoms. The van der Waals surface area contributed by atoms with Crippen LogP contribution in [0.25, 0.3) is 0 Å². The van der Waals surface area contributed by atoms with Gasteiger partial charge in [0.1, 0.15) is 0 Å². The Morgan fingerprint density at radius 3 is 2.54 bits per heavy atom. The summed E-state index contributed by atoms with van der Waals surface area (Å²) in [5, 5.41) is 3.39. The van der Waals surface area contributed by atoms with E-state index in [0.717, 1.165) is 31.9 Å². The summed E-state index contributed by atoms with van der Waals surface area (Å²) in [6.45, 7) is 8.01. The van der Waals surface area contributed by atoms with Gasteiger partial charge >= 0.3 is 0 Å². The number of nitrogens with one attached hydrogen (secondary N) is 1. The molecule has 0 aliphatic rings. The summed E-state index contributed by atoms with van der Waals surface area (Å²) in [5.41, 5.74) is 0. The van der Waals surface area contributed by atoms with E-state index in [1.165, 1.54) is 0 Å². The van der Waals surface area contributed by atoms with E-state index in [2.05, 4.69) is 26.1 Å². The molecule has 0 heterocycles. The van der Waals surface area contributed by atoms with Crippen LogP contribution in [0.2, 0.25) is 0 Å². The van der Waals surface area contributed by atoms with Gasteiger partial charge in [-0.2, -0.15) is 0 Å². The van der Waals surface area contributed by atoms with Crippen molar-refractivity contribution < 1.29 is 4.74 Å². The smallest absolute Gasteiger partial charge is 0.0594 e. The molecule has 0 aliphatic heterocycles. The fourth-order valence-corrected chi connectivity index (χ4v) is 1.24. The van der Waals surface area contributed by atoms with E-state index < -0.39 is 0 Å². The Labute approximate surface area is 87.0 Å². The van der Waals surface area contributed by atoms with Crippen molar-refractivity contribution in [2.45, 2.75) is 45.8 Å². The Balaban J connectivity index is 3.12. The zero-order chi connectivity index (χ0) is 10.1. The Kier molecular flexibility index (Phi) is 8.93. The van der Waals surface area contributed by atoms with Crippen molar-refractivity contribution in [2.75, 3.05) is 19.0 Å². The molecule has 0 bridgehead atoms. The average Bonchev–Trinajstić information content (AvgIpc) is 2.08. The van der Waals surface area contributed by atoms with E-state index in [-0.39, 0.29) is 0 Å². The van der Waals surface area contributed by atoms with Crippen LogP contribution in [0.1, 0.15) is 33.6 Å². The predicted molar refractivity (Wildman–Crippen MR) is 58.5 cm³/mol. The molecule has 0 saturated heterocycles. The maximum absolute atomic E-state index is 5.60. The molecular formula is C10H22ClNO. The summed E-state index contributed by atoms with van der Waals surface area (Å²) in [4.78, 5) is 0. The van der Waals surface area contributed by atoms with Crippen molar-refractivity contribution in [1.29, 1.82) is 0 Å². The maximum atomic E-state index is 5.60. The number of rotatable bonds is 8. The van der Waals surface area contributed by atoms with E-state index in [0.29, 0.717) is 12.1 Å². The molecule has 80 valence electrons. The third-order valence-electron chi connectivity index (χ3n) is 1.82. The van der Waals surface area contributed by atoms with Gasteiger partial charge in [-0.05, 0) is 33.6 Å². The van der Waals surface area contributed by atoms with E-state index in [4.69, 9.17) is 16.3 Å². The predicted octanol–water partition coefficient (Wildman–Crippen LogP) is 2.41. The minimum absolute atomic E-state index is 0.333. The maximum Gasteiger partial charge on any atom is 0.0594 e. The summed E-state index contributed by atoms with van der Waals surface area (Å²) in [6, 6.07) is 0.550. The molecule has 1 N–H and O–H groups in total. The fraction of sp³-hybridized carbons (Fsp3) is 1.00. The van der Waals surface area contributed by atoms with Gasteiger partial charge in [-0.15, -0.1) is 11.6 Å². The highest BCUT2D eigenvalue weighted by atomic mass is 35.5. The number of hydrogen-bond donors (Lipinski definition) is 1. The molecule has 0 radical (unpaired) electrons. The molecule has 2 nitrogen and oxygen atoms in total. The van der Waals surface area contributed by atoms with Crippen LogP contribution >= 0.6 is 11.6 Å². The van der Waals surface area contributed by atoms with Crippen molar-refractivity contribution in [1.82, 2.24) is 5.32 Å². The monoisotopic (exact) mass is 207 g/mol. The zero-order valence-electron chi connectivity index (χ0n) is 8.98. The van der Waals surface area contributed by atoms with Crippen molar-refractivity contribution in [2.24, 2.45) is 0 Å². The summed E-state index contributed by atoms with van der Waals surface area (Å²) in [6.07, 6.45) is 2.56. The molecule has 0 aromatic heterocycles. The van der Waals surface area contributed by atoms with Crippen LogP contribution in [0.15, 0.2) is 0 Å². The van der Waals surface area contributed by atoms with Crippen LogP contribution < -0.4 is 5.32 Å². The quantitative estimate of drug-likeness (QED) is 0.488. The lowest BCUT2D eigenvalue weighted by atomic mass is 10.2. The zero-order valence-corrected chi connectivity index (χ0v) is 9.73. The normalized spacial score (nSPS) is 13.6. The highest BCUT2D eigenvalue weighted by molar-refractivity contribution is 6.17. The lowest BCUT2D eigenvalue weighted by molar-refractivity contribution is 0.0794. The number of halogens is 1. The van der Waals surface area contributed by atoms with Crippen LogP contribution in [0.4, 0.5) is 0 Å². The topological polar surface area (TPSA) is 21.3 Å². The Bertz CT molecular complexity index is 109. The Morgan fingerprint density at radius 2 is 2.00 bits per heavy atom. The largest absolute Gasteiger partial charge is 0.377 e. The molecule has 0 aromatic carbocycles. The van der Waals surface area contributed by atoms with Crippen molar-refractivity contribution in [3.63, 3.8) is 0 Å². The number of hydrogen-bond acceptors (Lipinski definition) is 2. The van der Waals surface area contributed by atoms with Gasteiger partial charge in [-0.1, -0.05) is 0 Å². The van der Waals surface area contributed by atoms with Gasteiger partial charge in [0.2, 0.25) is 0 Å². The second-order valence-corrected chi connectivity index (χ2v) is 3.98. The van der Waals surface area contributed by atoms with E-state index in [1.807, 2.05) is 0 Å². The first kappa shape index (κ1) is 13.2. The van der Waals surface area contributed by atoms with Gasteiger partial charge in [-0.3, -0.25) is 0 Å². The van der Waals surface area contributed by atoms with E-state index in [1.54, 1.807) is 0 Å². The van der Waals surface area contributed by atoms with Crippen LogP contribution in [0.3, 0.4) is 0 Å². The molecule has 0 amide bonds. The third-order valence-corrected chi connectivity index (χ3v) is 2.08. The van der Waals surface area contributed by atoms with E-state index >= 15 is 0 Å². The minimum Gasteiger partial charge on any atom is -0.377 e. The first-order valence-corrected chi connectivity index (χ1v) is 5.61. The van der Waals surface area contributed by atoms with Crippen LogP contribution in [-0.4, -0.2) is 31.2 Å². The molecule has 3 heteroatoms. The Morgan fingerprint density at radius 1 is 1.31 bits per heavy atom. The van der Waals surface area contributed by atoms with Crippen molar-refractivity contribution >= 4 is 11.6 Å². The summed E-state index contributed by atoms with van der Waals surface area (Å²) >= 11 is 5.60.